The number of halogens is 5. The van der Waals surface area contributed by atoms with E-state index in [1.54, 1.807) is 6.07 Å². The van der Waals surface area contributed by atoms with Gasteiger partial charge in [-0.2, -0.15) is 0 Å². The standard InChI is InChI=1S/C13H8ClF4N/c14-9-3-1-2-7(12(9)17)6-19-8-4-10(15)13(18)11(16)5-8/h1-5,19H,6H2. The molecule has 1 nitrogen and oxygen atoms in total. The van der Waals surface area contributed by atoms with Gasteiger partial charge in [-0.15, -0.1) is 0 Å². The minimum Gasteiger partial charge on any atom is -0.381 e. The van der Waals surface area contributed by atoms with Crippen LogP contribution < -0.4 is 5.32 Å². The molecule has 0 unspecified atom stereocenters. The summed E-state index contributed by atoms with van der Waals surface area (Å²) in [6, 6.07) is 6.00. The van der Waals surface area contributed by atoms with Crippen LogP contribution in [0.4, 0.5) is 23.2 Å². The van der Waals surface area contributed by atoms with Crippen LogP contribution in [0.15, 0.2) is 30.3 Å². The molecule has 0 bridgehead atoms. The summed E-state index contributed by atoms with van der Waals surface area (Å²) < 4.78 is 52.2. The first-order valence-electron chi connectivity index (χ1n) is 5.30. The smallest absolute Gasteiger partial charge is 0.194 e. The van der Waals surface area contributed by atoms with Crippen LogP contribution in [0.5, 0.6) is 0 Å². The van der Waals surface area contributed by atoms with E-state index < -0.39 is 23.3 Å². The molecule has 19 heavy (non-hydrogen) atoms. The van der Waals surface area contributed by atoms with Crippen LogP contribution in [-0.4, -0.2) is 0 Å². The van der Waals surface area contributed by atoms with E-state index >= 15 is 0 Å². The average molecular weight is 290 g/mol. The van der Waals surface area contributed by atoms with Crippen molar-refractivity contribution in [2.75, 3.05) is 5.32 Å². The predicted molar refractivity (Wildman–Crippen MR) is 65.1 cm³/mol. The van der Waals surface area contributed by atoms with Crippen molar-refractivity contribution in [1.82, 2.24) is 0 Å². The maximum Gasteiger partial charge on any atom is 0.194 e. The van der Waals surface area contributed by atoms with E-state index in [9.17, 15) is 17.6 Å². The Labute approximate surface area is 111 Å². The zero-order valence-corrected chi connectivity index (χ0v) is 10.2. The monoisotopic (exact) mass is 289 g/mol. The Kier molecular flexibility index (Phi) is 3.95. The highest BCUT2D eigenvalue weighted by molar-refractivity contribution is 6.30. The van der Waals surface area contributed by atoms with Crippen LogP contribution >= 0.6 is 11.6 Å². The van der Waals surface area contributed by atoms with Gasteiger partial charge in [-0.3, -0.25) is 0 Å². The molecule has 0 aliphatic heterocycles. The number of anilines is 1. The van der Waals surface area contributed by atoms with Gasteiger partial charge in [0.1, 0.15) is 5.82 Å². The summed E-state index contributed by atoms with van der Waals surface area (Å²) >= 11 is 5.59. The van der Waals surface area contributed by atoms with Crippen molar-refractivity contribution in [3.63, 3.8) is 0 Å². The molecule has 0 aromatic heterocycles. The lowest BCUT2D eigenvalue weighted by Gasteiger charge is -2.09. The van der Waals surface area contributed by atoms with Crippen molar-refractivity contribution >= 4 is 17.3 Å². The lowest BCUT2D eigenvalue weighted by molar-refractivity contribution is 0.447. The molecule has 0 amide bonds. The zero-order chi connectivity index (χ0) is 14.0. The first-order valence-corrected chi connectivity index (χ1v) is 5.68. The van der Waals surface area contributed by atoms with Gasteiger partial charge in [0.25, 0.3) is 0 Å². The molecule has 2 aromatic rings. The van der Waals surface area contributed by atoms with Crippen LogP contribution in [0, 0.1) is 23.3 Å². The SMILES string of the molecule is Fc1cc(NCc2cccc(Cl)c2F)cc(F)c1F. The molecule has 2 aromatic carbocycles. The Morgan fingerprint density at radius 3 is 2.21 bits per heavy atom. The van der Waals surface area contributed by atoms with Crippen molar-refractivity contribution in [1.29, 1.82) is 0 Å². The molecule has 0 saturated heterocycles. The van der Waals surface area contributed by atoms with Crippen LogP contribution in [0.2, 0.25) is 5.02 Å². The first kappa shape index (κ1) is 13.7. The number of rotatable bonds is 3. The molecule has 0 aliphatic rings. The molecule has 1 N–H and O–H groups in total. The van der Waals surface area contributed by atoms with Crippen molar-refractivity contribution in [2.45, 2.75) is 6.54 Å². The van der Waals surface area contributed by atoms with E-state index in [1.165, 1.54) is 12.1 Å². The van der Waals surface area contributed by atoms with E-state index in [2.05, 4.69) is 5.32 Å². The normalized spacial score (nSPS) is 10.6. The van der Waals surface area contributed by atoms with Crippen molar-refractivity contribution in [3.05, 3.63) is 64.2 Å². The van der Waals surface area contributed by atoms with Gasteiger partial charge in [0.2, 0.25) is 0 Å². The van der Waals surface area contributed by atoms with E-state index in [4.69, 9.17) is 11.6 Å². The molecule has 0 spiro atoms. The van der Waals surface area contributed by atoms with Gasteiger partial charge in [-0.05, 0) is 6.07 Å². The number of benzene rings is 2. The summed E-state index contributed by atoms with van der Waals surface area (Å²) in [6.07, 6.45) is 0. The van der Waals surface area contributed by atoms with Crippen molar-refractivity contribution in [2.24, 2.45) is 0 Å². The Hall–Kier alpha value is -1.75. The quantitative estimate of drug-likeness (QED) is 0.647. The molecule has 0 atom stereocenters. The van der Waals surface area contributed by atoms with E-state index in [0.29, 0.717) is 0 Å². The molecule has 100 valence electrons. The van der Waals surface area contributed by atoms with Crippen LogP contribution in [0.3, 0.4) is 0 Å². The van der Waals surface area contributed by atoms with Gasteiger partial charge < -0.3 is 5.32 Å². The third-order valence-corrected chi connectivity index (χ3v) is 2.79. The molecule has 0 fully saturated rings. The highest BCUT2D eigenvalue weighted by Gasteiger charge is 2.11. The third kappa shape index (κ3) is 2.98. The summed E-state index contributed by atoms with van der Waals surface area (Å²) in [5, 5.41) is 2.55. The Morgan fingerprint density at radius 1 is 0.947 bits per heavy atom. The molecule has 2 rings (SSSR count). The summed E-state index contributed by atoms with van der Waals surface area (Å²) in [5.74, 6) is -4.78. The van der Waals surface area contributed by atoms with Crippen molar-refractivity contribution in [3.8, 4) is 0 Å². The number of nitrogens with one attached hydrogen (secondary N) is 1. The summed E-state index contributed by atoms with van der Waals surface area (Å²) in [7, 11) is 0. The van der Waals surface area contributed by atoms with Gasteiger partial charge in [0, 0.05) is 29.9 Å². The largest absolute Gasteiger partial charge is 0.381 e. The Morgan fingerprint density at radius 2 is 1.58 bits per heavy atom. The second-order valence-electron chi connectivity index (χ2n) is 3.82. The van der Waals surface area contributed by atoms with Gasteiger partial charge in [-0.25, -0.2) is 17.6 Å². The zero-order valence-electron chi connectivity index (χ0n) is 9.48. The highest BCUT2D eigenvalue weighted by atomic mass is 35.5. The van der Waals surface area contributed by atoms with Crippen LogP contribution in [-0.2, 0) is 6.54 Å². The lowest BCUT2D eigenvalue weighted by Crippen LogP contribution is -2.04. The summed E-state index contributed by atoms with van der Waals surface area (Å²) in [5.41, 5.74) is 0.244. The summed E-state index contributed by atoms with van der Waals surface area (Å²) in [6.45, 7) is -0.0308. The van der Waals surface area contributed by atoms with Gasteiger partial charge in [0.15, 0.2) is 17.5 Å². The Bertz CT molecular complexity index is 593. The summed E-state index contributed by atoms with van der Waals surface area (Å²) in [4.78, 5) is 0. The van der Waals surface area contributed by atoms with Gasteiger partial charge in [-0.1, -0.05) is 23.7 Å². The molecule has 0 radical (unpaired) electrons. The average Bonchev–Trinajstić information content (AvgIpc) is 2.37. The molecular formula is C13H8ClF4N. The second-order valence-corrected chi connectivity index (χ2v) is 4.23. The van der Waals surface area contributed by atoms with Gasteiger partial charge >= 0.3 is 0 Å². The maximum absolute atomic E-state index is 13.5. The van der Waals surface area contributed by atoms with E-state index in [1.807, 2.05) is 0 Å². The predicted octanol–water partition coefficient (Wildman–Crippen LogP) is 4.51. The van der Waals surface area contributed by atoms with Crippen LogP contribution in [0.1, 0.15) is 5.56 Å². The molecule has 0 heterocycles. The van der Waals surface area contributed by atoms with E-state index in [0.717, 1.165) is 12.1 Å². The fraction of sp³-hybridized carbons (Fsp3) is 0.0769. The minimum atomic E-state index is -1.54. The van der Waals surface area contributed by atoms with E-state index in [-0.39, 0.29) is 22.8 Å². The molecule has 0 aliphatic carbocycles. The first-order chi connectivity index (χ1) is 8.99. The fourth-order valence-corrected chi connectivity index (χ4v) is 1.73. The van der Waals surface area contributed by atoms with Crippen molar-refractivity contribution < 1.29 is 17.6 Å². The molecular weight excluding hydrogens is 282 g/mol. The maximum atomic E-state index is 13.5. The topological polar surface area (TPSA) is 12.0 Å². The lowest BCUT2D eigenvalue weighted by atomic mass is 10.2. The van der Waals surface area contributed by atoms with Crippen LogP contribution in [0.25, 0.3) is 0 Å². The van der Waals surface area contributed by atoms with Gasteiger partial charge in [0.05, 0.1) is 5.02 Å². The molecule has 0 saturated carbocycles. The second kappa shape index (κ2) is 5.48. The fourth-order valence-electron chi connectivity index (χ4n) is 1.54. The number of hydrogen-bond acceptors (Lipinski definition) is 1. The molecule has 6 heteroatoms. The minimum absolute atomic E-state index is 0.00998. The Balaban J connectivity index is 2.17. The highest BCUT2D eigenvalue weighted by Crippen LogP contribution is 2.21. The third-order valence-electron chi connectivity index (χ3n) is 2.50. The number of hydrogen-bond donors (Lipinski definition) is 1.